The number of carbonyl (C=O) groups is 2. The summed E-state index contributed by atoms with van der Waals surface area (Å²) in [5, 5.41) is 0.168. The van der Waals surface area contributed by atoms with Gasteiger partial charge in [0.2, 0.25) is 5.24 Å². The Morgan fingerprint density at radius 1 is 1.33 bits per heavy atom. The zero-order valence-electron chi connectivity index (χ0n) is 9.73. The number of hydrogen-bond acceptors (Lipinski definition) is 2. The van der Waals surface area contributed by atoms with Crippen molar-refractivity contribution in [2.24, 2.45) is 5.92 Å². The van der Waals surface area contributed by atoms with Gasteiger partial charge in [-0.25, -0.2) is 0 Å². The van der Waals surface area contributed by atoms with E-state index in [0.717, 1.165) is 12.8 Å². The number of piperidine rings is 1. The molecule has 1 saturated heterocycles. The summed E-state index contributed by atoms with van der Waals surface area (Å²) >= 11 is 11.4. The van der Waals surface area contributed by atoms with Crippen LogP contribution in [0.5, 0.6) is 0 Å². The number of likely N-dealkylation sites (tertiary alicyclic amines) is 1. The molecule has 1 fully saturated rings. The number of rotatable bonds is 2. The molecule has 3 nitrogen and oxygen atoms in total. The summed E-state index contributed by atoms with van der Waals surface area (Å²) < 4.78 is 0. The van der Waals surface area contributed by atoms with Crippen molar-refractivity contribution in [2.75, 3.05) is 13.1 Å². The Labute approximate surface area is 116 Å². The molecule has 0 radical (unpaired) electrons. The van der Waals surface area contributed by atoms with Gasteiger partial charge in [-0.05, 0) is 42.6 Å². The zero-order valence-corrected chi connectivity index (χ0v) is 11.2. The molecule has 0 aliphatic carbocycles. The zero-order chi connectivity index (χ0) is 13.1. The molecule has 1 atom stereocenters. The van der Waals surface area contributed by atoms with Crippen LogP contribution in [0.1, 0.15) is 23.2 Å². The van der Waals surface area contributed by atoms with Crippen LogP contribution in [-0.2, 0) is 4.79 Å². The molecule has 0 spiro atoms. The van der Waals surface area contributed by atoms with Crippen LogP contribution in [0, 0.1) is 5.92 Å². The van der Waals surface area contributed by atoms with Crippen LogP contribution < -0.4 is 0 Å². The molecule has 5 heteroatoms. The second-order valence-corrected chi connectivity index (χ2v) is 5.21. The summed E-state index contributed by atoms with van der Waals surface area (Å²) in [4.78, 5) is 25.1. The van der Waals surface area contributed by atoms with Gasteiger partial charge in [-0.1, -0.05) is 17.7 Å². The predicted octanol–water partition coefficient (Wildman–Crippen LogP) is 2.96. The van der Waals surface area contributed by atoms with Crippen molar-refractivity contribution in [1.82, 2.24) is 4.90 Å². The van der Waals surface area contributed by atoms with E-state index in [-0.39, 0.29) is 17.1 Å². The summed E-state index contributed by atoms with van der Waals surface area (Å²) in [7, 11) is 0. The Kier molecular flexibility index (Phi) is 4.25. The highest BCUT2D eigenvalue weighted by Crippen LogP contribution is 2.21. The van der Waals surface area contributed by atoms with Gasteiger partial charge in [0, 0.05) is 23.7 Å². The molecule has 2 rings (SSSR count). The Bertz CT molecular complexity index is 476. The Morgan fingerprint density at radius 3 is 2.78 bits per heavy atom. The van der Waals surface area contributed by atoms with E-state index in [9.17, 15) is 9.59 Å². The first-order valence-electron chi connectivity index (χ1n) is 5.82. The molecular weight excluding hydrogens is 273 g/mol. The van der Waals surface area contributed by atoms with E-state index in [2.05, 4.69) is 0 Å². The predicted molar refractivity (Wildman–Crippen MR) is 70.9 cm³/mol. The fraction of sp³-hybridized carbons (Fsp3) is 0.385. The van der Waals surface area contributed by atoms with Crippen LogP contribution in [0.2, 0.25) is 5.02 Å². The number of amides is 1. The van der Waals surface area contributed by atoms with Gasteiger partial charge < -0.3 is 4.90 Å². The minimum absolute atomic E-state index is 0.0971. The van der Waals surface area contributed by atoms with Crippen molar-refractivity contribution >= 4 is 34.4 Å². The number of nitrogens with zero attached hydrogens (tertiary/aromatic N) is 1. The van der Waals surface area contributed by atoms with Gasteiger partial charge in [0.1, 0.15) is 0 Å². The lowest BCUT2D eigenvalue weighted by Crippen LogP contribution is -2.41. The van der Waals surface area contributed by atoms with Crippen molar-refractivity contribution in [3.63, 3.8) is 0 Å². The summed E-state index contributed by atoms with van der Waals surface area (Å²) in [6.07, 6.45) is 1.55. The minimum atomic E-state index is -0.362. The van der Waals surface area contributed by atoms with Gasteiger partial charge in [-0.15, -0.1) is 0 Å². The van der Waals surface area contributed by atoms with E-state index < -0.39 is 0 Å². The lowest BCUT2D eigenvalue weighted by molar-refractivity contribution is -0.116. The molecule has 0 N–H and O–H groups in total. The van der Waals surface area contributed by atoms with Crippen molar-refractivity contribution in [3.05, 3.63) is 34.9 Å². The maximum atomic E-state index is 12.2. The maximum absolute atomic E-state index is 12.2. The van der Waals surface area contributed by atoms with Crippen molar-refractivity contribution < 1.29 is 9.59 Å². The second-order valence-electron chi connectivity index (χ2n) is 4.40. The second kappa shape index (κ2) is 5.72. The normalized spacial score (nSPS) is 19.7. The van der Waals surface area contributed by atoms with E-state index >= 15 is 0 Å². The van der Waals surface area contributed by atoms with Crippen LogP contribution >= 0.6 is 23.2 Å². The minimum Gasteiger partial charge on any atom is -0.338 e. The van der Waals surface area contributed by atoms with Gasteiger partial charge in [-0.3, -0.25) is 9.59 Å². The SMILES string of the molecule is O=C(Cl)C1CCCN(C(=O)c2cccc(Cl)c2)C1. The Balaban J connectivity index is 2.11. The van der Waals surface area contributed by atoms with Gasteiger partial charge in [-0.2, -0.15) is 0 Å². The Hall–Kier alpha value is -1.06. The fourth-order valence-corrected chi connectivity index (χ4v) is 2.52. The molecule has 1 aliphatic heterocycles. The molecular formula is C13H13Cl2NO2. The highest BCUT2D eigenvalue weighted by atomic mass is 35.5. The third-order valence-electron chi connectivity index (χ3n) is 3.10. The smallest absolute Gasteiger partial charge is 0.253 e. The molecule has 96 valence electrons. The molecule has 0 aromatic heterocycles. The standard InChI is InChI=1S/C13H13Cl2NO2/c14-11-5-1-3-9(7-11)13(18)16-6-2-4-10(8-16)12(15)17/h1,3,5,7,10H,2,4,6,8H2. The summed E-state index contributed by atoms with van der Waals surface area (Å²) in [5.41, 5.74) is 0.546. The molecule has 0 bridgehead atoms. The monoisotopic (exact) mass is 285 g/mol. The first kappa shape index (κ1) is 13.4. The average Bonchev–Trinajstić information content (AvgIpc) is 2.38. The van der Waals surface area contributed by atoms with Gasteiger partial charge >= 0.3 is 0 Å². The van der Waals surface area contributed by atoms with E-state index in [0.29, 0.717) is 23.7 Å². The third-order valence-corrected chi connectivity index (χ3v) is 3.64. The lowest BCUT2D eigenvalue weighted by atomic mass is 9.99. The molecule has 18 heavy (non-hydrogen) atoms. The first-order valence-corrected chi connectivity index (χ1v) is 6.57. The molecule has 1 unspecified atom stereocenters. The molecule has 1 aliphatic rings. The van der Waals surface area contributed by atoms with Gasteiger partial charge in [0.15, 0.2) is 0 Å². The fourth-order valence-electron chi connectivity index (χ4n) is 2.15. The van der Waals surface area contributed by atoms with Crippen LogP contribution in [0.4, 0.5) is 0 Å². The highest BCUT2D eigenvalue weighted by Gasteiger charge is 2.27. The first-order chi connectivity index (χ1) is 8.58. The quantitative estimate of drug-likeness (QED) is 0.784. The van der Waals surface area contributed by atoms with E-state index in [1.165, 1.54) is 0 Å². The summed E-state index contributed by atoms with van der Waals surface area (Å²) in [6.45, 7) is 1.06. The molecule has 1 heterocycles. The molecule has 1 aromatic rings. The third kappa shape index (κ3) is 3.03. The number of halogens is 2. The lowest BCUT2D eigenvalue weighted by Gasteiger charge is -2.31. The highest BCUT2D eigenvalue weighted by molar-refractivity contribution is 6.64. The van der Waals surface area contributed by atoms with Crippen LogP contribution in [0.25, 0.3) is 0 Å². The van der Waals surface area contributed by atoms with Crippen molar-refractivity contribution in [2.45, 2.75) is 12.8 Å². The van der Waals surface area contributed by atoms with Crippen molar-refractivity contribution in [1.29, 1.82) is 0 Å². The van der Waals surface area contributed by atoms with Crippen molar-refractivity contribution in [3.8, 4) is 0 Å². The number of hydrogen-bond donors (Lipinski definition) is 0. The Morgan fingerprint density at radius 2 is 2.11 bits per heavy atom. The van der Waals surface area contributed by atoms with Gasteiger partial charge in [0.05, 0.1) is 5.92 Å². The average molecular weight is 286 g/mol. The number of carbonyl (C=O) groups excluding carboxylic acids is 2. The van der Waals surface area contributed by atoms with Crippen LogP contribution in [-0.4, -0.2) is 29.1 Å². The number of benzene rings is 1. The topological polar surface area (TPSA) is 37.4 Å². The largest absolute Gasteiger partial charge is 0.338 e. The van der Waals surface area contributed by atoms with E-state index in [1.807, 2.05) is 0 Å². The molecule has 1 aromatic carbocycles. The van der Waals surface area contributed by atoms with Gasteiger partial charge in [0.25, 0.3) is 5.91 Å². The van der Waals surface area contributed by atoms with E-state index in [1.54, 1.807) is 29.2 Å². The van der Waals surface area contributed by atoms with Crippen LogP contribution in [0.3, 0.4) is 0 Å². The van der Waals surface area contributed by atoms with Crippen LogP contribution in [0.15, 0.2) is 24.3 Å². The van der Waals surface area contributed by atoms with E-state index in [4.69, 9.17) is 23.2 Å². The summed E-state index contributed by atoms with van der Waals surface area (Å²) in [6, 6.07) is 6.82. The molecule has 0 saturated carbocycles. The molecule has 1 amide bonds. The maximum Gasteiger partial charge on any atom is 0.253 e. The summed E-state index contributed by atoms with van der Waals surface area (Å²) in [5.74, 6) is -0.344.